The quantitative estimate of drug-likeness (QED) is 0.719. The van der Waals surface area contributed by atoms with E-state index in [2.05, 4.69) is 22.4 Å². The molecule has 3 rings (SSSR count). The molecule has 0 spiro atoms. The van der Waals surface area contributed by atoms with Gasteiger partial charge in [0.2, 0.25) is 17.7 Å². The van der Waals surface area contributed by atoms with E-state index in [1.807, 2.05) is 25.1 Å². The molecule has 27 heavy (non-hydrogen) atoms. The van der Waals surface area contributed by atoms with E-state index in [4.69, 9.17) is 9.15 Å². The molecular weight excluding hydrogens is 342 g/mol. The fourth-order valence-electron chi connectivity index (χ4n) is 3.38. The van der Waals surface area contributed by atoms with E-state index < -0.39 is 0 Å². The van der Waals surface area contributed by atoms with E-state index in [9.17, 15) is 4.79 Å². The van der Waals surface area contributed by atoms with Crippen LogP contribution in [0.5, 0.6) is 5.75 Å². The highest BCUT2D eigenvalue weighted by Crippen LogP contribution is 2.33. The standard InChI is InChI=1S/C21H29N3O3/c1-3-12-26-18-9-8-17(15(2)13-18)14-22-19(25)10-11-20-23-24-21(27-20)16-6-4-5-7-16/h8-9,13,16H,3-7,10-12,14H2,1-2H3,(H,22,25). The summed E-state index contributed by atoms with van der Waals surface area (Å²) in [5.41, 5.74) is 2.20. The summed E-state index contributed by atoms with van der Waals surface area (Å²) in [5, 5.41) is 11.2. The zero-order chi connectivity index (χ0) is 19.1. The molecule has 1 aliphatic carbocycles. The Balaban J connectivity index is 1.43. The van der Waals surface area contributed by atoms with E-state index in [1.54, 1.807) is 0 Å². The zero-order valence-electron chi connectivity index (χ0n) is 16.3. The molecule has 0 saturated heterocycles. The predicted molar refractivity (Wildman–Crippen MR) is 103 cm³/mol. The van der Waals surface area contributed by atoms with Crippen molar-refractivity contribution in [1.29, 1.82) is 0 Å². The Morgan fingerprint density at radius 2 is 2.11 bits per heavy atom. The van der Waals surface area contributed by atoms with Crippen molar-refractivity contribution in [1.82, 2.24) is 15.5 Å². The van der Waals surface area contributed by atoms with Gasteiger partial charge in [0.1, 0.15) is 5.75 Å². The Hall–Kier alpha value is -2.37. The van der Waals surface area contributed by atoms with Gasteiger partial charge in [-0.05, 0) is 49.4 Å². The largest absolute Gasteiger partial charge is 0.494 e. The molecule has 146 valence electrons. The SMILES string of the molecule is CCCOc1ccc(CNC(=O)CCc2nnc(C3CCCC3)o2)c(C)c1. The number of ether oxygens (including phenoxy) is 1. The smallest absolute Gasteiger partial charge is 0.220 e. The van der Waals surface area contributed by atoms with Crippen LogP contribution in [-0.4, -0.2) is 22.7 Å². The third-order valence-corrected chi connectivity index (χ3v) is 5.02. The Morgan fingerprint density at radius 3 is 2.85 bits per heavy atom. The third kappa shape index (κ3) is 5.55. The Bertz CT molecular complexity index is 751. The van der Waals surface area contributed by atoms with Gasteiger partial charge in [-0.2, -0.15) is 0 Å². The minimum absolute atomic E-state index is 0.0127. The highest BCUT2D eigenvalue weighted by atomic mass is 16.5. The van der Waals surface area contributed by atoms with E-state index >= 15 is 0 Å². The number of carbonyl (C=O) groups is 1. The van der Waals surface area contributed by atoms with Crippen molar-refractivity contribution in [3.63, 3.8) is 0 Å². The van der Waals surface area contributed by atoms with Gasteiger partial charge in [0.05, 0.1) is 6.61 Å². The number of aryl methyl sites for hydroxylation is 2. The average Bonchev–Trinajstić information content (AvgIpc) is 3.35. The maximum absolute atomic E-state index is 12.1. The number of hydrogen-bond donors (Lipinski definition) is 1. The molecule has 1 aliphatic rings. The summed E-state index contributed by atoms with van der Waals surface area (Å²) < 4.78 is 11.4. The first-order chi connectivity index (χ1) is 13.2. The molecule has 1 N–H and O–H groups in total. The number of benzene rings is 1. The molecule has 1 saturated carbocycles. The highest BCUT2D eigenvalue weighted by Gasteiger charge is 2.22. The number of aromatic nitrogens is 2. The number of nitrogens with zero attached hydrogens (tertiary/aromatic N) is 2. The number of carbonyl (C=O) groups excluding carboxylic acids is 1. The molecule has 0 unspecified atom stereocenters. The van der Waals surface area contributed by atoms with Gasteiger partial charge in [0.25, 0.3) is 0 Å². The van der Waals surface area contributed by atoms with Gasteiger partial charge < -0.3 is 14.5 Å². The van der Waals surface area contributed by atoms with Crippen LogP contribution in [0.25, 0.3) is 0 Å². The van der Waals surface area contributed by atoms with Crippen molar-refractivity contribution in [2.75, 3.05) is 6.61 Å². The van der Waals surface area contributed by atoms with Crippen molar-refractivity contribution in [2.45, 2.75) is 71.3 Å². The predicted octanol–water partition coefficient (Wildman–Crippen LogP) is 4.07. The van der Waals surface area contributed by atoms with E-state index in [1.165, 1.54) is 12.8 Å². The minimum atomic E-state index is -0.0127. The first kappa shape index (κ1) is 19.4. The maximum atomic E-state index is 12.1. The summed E-state index contributed by atoms with van der Waals surface area (Å²) >= 11 is 0. The lowest BCUT2D eigenvalue weighted by atomic mass is 10.1. The minimum Gasteiger partial charge on any atom is -0.494 e. The van der Waals surface area contributed by atoms with Crippen LogP contribution >= 0.6 is 0 Å². The highest BCUT2D eigenvalue weighted by molar-refractivity contribution is 5.76. The van der Waals surface area contributed by atoms with Crippen molar-refractivity contribution < 1.29 is 13.9 Å². The van der Waals surface area contributed by atoms with Gasteiger partial charge in [-0.25, -0.2) is 0 Å². The van der Waals surface area contributed by atoms with Gasteiger partial charge in [0, 0.05) is 25.3 Å². The Kier molecular flexibility index (Phi) is 6.85. The molecular formula is C21H29N3O3. The third-order valence-electron chi connectivity index (χ3n) is 5.02. The second-order valence-electron chi connectivity index (χ2n) is 7.23. The first-order valence-electron chi connectivity index (χ1n) is 9.97. The van der Waals surface area contributed by atoms with E-state index in [0.717, 1.165) is 42.0 Å². The Morgan fingerprint density at radius 1 is 1.30 bits per heavy atom. The molecule has 1 amide bonds. The molecule has 0 aliphatic heterocycles. The molecule has 6 nitrogen and oxygen atoms in total. The van der Waals surface area contributed by atoms with Gasteiger partial charge in [-0.1, -0.05) is 25.8 Å². The number of nitrogens with one attached hydrogen (secondary N) is 1. The molecule has 6 heteroatoms. The van der Waals surface area contributed by atoms with Crippen LogP contribution in [0.3, 0.4) is 0 Å². The van der Waals surface area contributed by atoms with Crippen LogP contribution in [0.4, 0.5) is 0 Å². The Labute approximate surface area is 160 Å². The summed E-state index contributed by atoms with van der Waals surface area (Å²) in [4.78, 5) is 12.1. The van der Waals surface area contributed by atoms with Gasteiger partial charge in [-0.15, -0.1) is 10.2 Å². The van der Waals surface area contributed by atoms with Crippen LogP contribution in [0.15, 0.2) is 22.6 Å². The van der Waals surface area contributed by atoms with E-state index in [0.29, 0.717) is 37.8 Å². The van der Waals surface area contributed by atoms with E-state index in [-0.39, 0.29) is 5.91 Å². The second kappa shape index (κ2) is 9.53. The lowest BCUT2D eigenvalue weighted by Gasteiger charge is -2.10. The summed E-state index contributed by atoms with van der Waals surface area (Å²) in [6.07, 6.45) is 6.54. The van der Waals surface area contributed by atoms with Crippen LogP contribution < -0.4 is 10.1 Å². The fraction of sp³-hybridized carbons (Fsp3) is 0.571. The van der Waals surface area contributed by atoms with Gasteiger partial charge in [-0.3, -0.25) is 4.79 Å². The zero-order valence-corrected chi connectivity index (χ0v) is 16.3. The maximum Gasteiger partial charge on any atom is 0.220 e. The van der Waals surface area contributed by atoms with Crippen LogP contribution in [0.2, 0.25) is 0 Å². The van der Waals surface area contributed by atoms with Gasteiger partial charge in [0.15, 0.2) is 0 Å². The normalized spacial score (nSPS) is 14.4. The summed E-state index contributed by atoms with van der Waals surface area (Å²) in [6, 6.07) is 5.97. The molecule has 2 aromatic rings. The summed E-state index contributed by atoms with van der Waals surface area (Å²) in [6.45, 7) is 5.34. The molecule has 1 heterocycles. The number of rotatable bonds is 9. The van der Waals surface area contributed by atoms with Gasteiger partial charge >= 0.3 is 0 Å². The molecule has 1 aromatic heterocycles. The van der Waals surface area contributed by atoms with Crippen molar-refractivity contribution in [3.8, 4) is 5.75 Å². The molecule has 0 atom stereocenters. The second-order valence-corrected chi connectivity index (χ2v) is 7.23. The first-order valence-corrected chi connectivity index (χ1v) is 9.97. The molecule has 1 aromatic carbocycles. The lowest BCUT2D eigenvalue weighted by Crippen LogP contribution is -2.23. The monoisotopic (exact) mass is 371 g/mol. The van der Waals surface area contributed by atoms with Crippen molar-refractivity contribution in [2.24, 2.45) is 0 Å². The molecule has 0 bridgehead atoms. The number of hydrogen-bond acceptors (Lipinski definition) is 5. The van der Waals surface area contributed by atoms with Crippen molar-refractivity contribution in [3.05, 3.63) is 41.1 Å². The summed E-state index contributed by atoms with van der Waals surface area (Å²) in [5.74, 6) is 2.57. The number of amides is 1. The van der Waals surface area contributed by atoms with Crippen LogP contribution in [0, 0.1) is 6.92 Å². The molecule has 0 radical (unpaired) electrons. The van der Waals surface area contributed by atoms with Crippen LogP contribution in [-0.2, 0) is 17.8 Å². The summed E-state index contributed by atoms with van der Waals surface area (Å²) in [7, 11) is 0. The fourth-order valence-corrected chi connectivity index (χ4v) is 3.38. The topological polar surface area (TPSA) is 77.2 Å². The van der Waals surface area contributed by atoms with Crippen LogP contribution in [0.1, 0.15) is 74.3 Å². The average molecular weight is 371 g/mol. The molecule has 1 fully saturated rings. The lowest BCUT2D eigenvalue weighted by molar-refractivity contribution is -0.121. The van der Waals surface area contributed by atoms with Crippen molar-refractivity contribution >= 4 is 5.91 Å².